The lowest BCUT2D eigenvalue weighted by molar-refractivity contribution is 0.354. The molecule has 0 unspecified atom stereocenters. The van der Waals surface area contributed by atoms with E-state index in [-0.39, 0.29) is 0 Å². The standard InChI is InChI=1S/C16H16BrN5O2S/c1-23-13-7-11(12(17)8-14(13)24-2)9-19-22-15(20-21-16(22)25)10-3-5-18-6-4-10/h3-8,19H,9H2,1-2H3,(H,21,25). The largest absolute Gasteiger partial charge is 0.493 e. The van der Waals surface area contributed by atoms with Gasteiger partial charge in [-0.1, -0.05) is 15.9 Å². The van der Waals surface area contributed by atoms with E-state index in [9.17, 15) is 0 Å². The lowest BCUT2D eigenvalue weighted by Gasteiger charge is -2.14. The summed E-state index contributed by atoms with van der Waals surface area (Å²) in [6.07, 6.45) is 3.42. The molecular weight excluding hydrogens is 406 g/mol. The Morgan fingerprint density at radius 2 is 1.88 bits per heavy atom. The van der Waals surface area contributed by atoms with E-state index in [2.05, 4.69) is 36.5 Å². The molecule has 1 aromatic carbocycles. The number of halogens is 1. The van der Waals surface area contributed by atoms with Crippen LogP contribution in [0.25, 0.3) is 11.4 Å². The lowest BCUT2D eigenvalue weighted by atomic mass is 10.2. The van der Waals surface area contributed by atoms with Gasteiger partial charge in [0.15, 0.2) is 17.3 Å². The molecule has 3 aromatic rings. The summed E-state index contributed by atoms with van der Waals surface area (Å²) in [6.45, 7) is 0.507. The van der Waals surface area contributed by atoms with Crippen LogP contribution in [0.4, 0.5) is 0 Å². The number of hydrogen-bond acceptors (Lipinski definition) is 6. The molecule has 2 N–H and O–H groups in total. The molecule has 0 amide bonds. The number of H-pyrrole nitrogens is 1. The van der Waals surface area contributed by atoms with Gasteiger partial charge < -0.3 is 14.9 Å². The second-order valence-corrected chi connectivity index (χ2v) is 6.30. The van der Waals surface area contributed by atoms with E-state index in [1.807, 2.05) is 24.3 Å². The maximum atomic E-state index is 5.36. The van der Waals surface area contributed by atoms with E-state index in [0.717, 1.165) is 15.6 Å². The van der Waals surface area contributed by atoms with Crippen molar-refractivity contribution in [2.45, 2.75) is 6.54 Å². The first kappa shape index (κ1) is 17.4. The quantitative estimate of drug-likeness (QED) is 0.592. The van der Waals surface area contributed by atoms with Crippen molar-refractivity contribution < 1.29 is 9.47 Å². The number of nitrogens with one attached hydrogen (secondary N) is 2. The first-order valence-electron chi connectivity index (χ1n) is 7.36. The average Bonchev–Trinajstić information content (AvgIpc) is 3.01. The van der Waals surface area contributed by atoms with Crippen LogP contribution in [0.5, 0.6) is 11.5 Å². The number of pyridine rings is 1. The predicted octanol–water partition coefficient (Wildman–Crippen LogP) is 3.53. The number of aromatic nitrogens is 4. The van der Waals surface area contributed by atoms with Crippen LogP contribution in [0, 0.1) is 4.77 Å². The van der Waals surface area contributed by atoms with Gasteiger partial charge in [-0.05, 0) is 42.0 Å². The number of rotatable bonds is 6. The highest BCUT2D eigenvalue weighted by Gasteiger charge is 2.12. The van der Waals surface area contributed by atoms with Gasteiger partial charge in [-0.15, -0.1) is 0 Å². The third kappa shape index (κ3) is 3.67. The van der Waals surface area contributed by atoms with Gasteiger partial charge in [-0.2, -0.15) is 5.10 Å². The molecule has 0 saturated carbocycles. The summed E-state index contributed by atoms with van der Waals surface area (Å²) in [7, 11) is 3.21. The molecule has 7 nitrogen and oxygen atoms in total. The summed E-state index contributed by atoms with van der Waals surface area (Å²) < 4.78 is 13.8. The SMILES string of the molecule is COc1cc(Br)c(CNn2c(-c3ccncc3)n[nH]c2=S)cc1OC. The third-order valence-electron chi connectivity index (χ3n) is 3.59. The van der Waals surface area contributed by atoms with Crippen molar-refractivity contribution in [1.29, 1.82) is 0 Å². The minimum Gasteiger partial charge on any atom is -0.493 e. The first-order valence-corrected chi connectivity index (χ1v) is 8.56. The van der Waals surface area contributed by atoms with Gasteiger partial charge in [0.05, 0.1) is 20.8 Å². The van der Waals surface area contributed by atoms with Crippen LogP contribution < -0.4 is 14.9 Å². The summed E-state index contributed by atoms with van der Waals surface area (Å²) in [4.78, 5) is 4.02. The number of methoxy groups -OCH3 is 2. The fraction of sp³-hybridized carbons (Fsp3) is 0.188. The van der Waals surface area contributed by atoms with Crippen LogP contribution >= 0.6 is 28.1 Å². The zero-order valence-corrected chi connectivity index (χ0v) is 16.0. The van der Waals surface area contributed by atoms with E-state index in [1.165, 1.54) is 0 Å². The van der Waals surface area contributed by atoms with Crippen LogP contribution in [0.3, 0.4) is 0 Å². The Morgan fingerprint density at radius 1 is 1.20 bits per heavy atom. The number of benzene rings is 1. The maximum Gasteiger partial charge on any atom is 0.214 e. The van der Waals surface area contributed by atoms with Crippen molar-refractivity contribution >= 4 is 28.1 Å². The molecule has 0 saturated heterocycles. The Hall–Kier alpha value is -2.39. The van der Waals surface area contributed by atoms with Crippen LogP contribution in [0.1, 0.15) is 5.56 Å². The van der Waals surface area contributed by atoms with Crippen molar-refractivity contribution in [3.05, 3.63) is 51.5 Å². The van der Waals surface area contributed by atoms with Crippen molar-refractivity contribution in [3.63, 3.8) is 0 Å². The molecule has 2 heterocycles. The van der Waals surface area contributed by atoms with Crippen molar-refractivity contribution in [1.82, 2.24) is 19.9 Å². The van der Waals surface area contributed by atoms with Crippen LogP contribution in [0.15, 0.2) is 41.1 Å². The normalized spacial score (nSPS) is 10.5. The highest BCUT2D eigenvalue weighted by Crippen LogP contribution is 2.33. The molecule has 0 aliphatic heterocycles. The smallest absolute Gasteiger partial charge is 0.214 e. The Balaban J connectivity index is 1.88. The van der Waals surface area contributed by atoms with Gasteiger partial charge >= 0.3 is 0 Å². The van der Waals surface area contributed by atoms with Gasteiger partial charge in [0, 0.05) is 22.4 Å². The summed E-state index contributed by atoms with van der Waals surface area (Å²) in [5, 5.41) is 7.08. The topological polar surface area (TPSA) is 77.0 Å². The zero-order chi connectivity index (χ0) is 17.8. The van der Waals surface area contributed by atoms with Gasteiger partial charge in [-0.3, -0.25) is 4.98 Å². The summed E-state index contributed by atoms with van der Waals surface area (Å²) >= 11 is 8.87. The first-order chi connectivity index (χ1) is 12.1. The van der Waals surface area contributed by atoms with Gasteiger partial charge in [0.1, 0.15) is 0 Å². The molecule has 2 aromatic heterocycles. The molecule has 130 valence electrons. The summed E-state index contributed by atoms with van der Waals surface area (Å²) in [6, 6.07) is 7.52. The number of aromatic amines is 1. The van der Waals surface area contributed by atoms with E-state index in [4.69, 9.17) is 21.7 Å². The summed E-state index contributed by atoms with van der Waals surface area (Å²) in [5.41, 5.74) is 5.17. The maximum absolute atomic E-state index is 5.36. The Kier molecular flexibility index (Phi) is 5.34. The third-order valence-corrected chi connectivity index (χ3v) is 4.60. The predicted molar refractivity (Wildman–Crippen MR) is 101 cm³/mol. The molecule has 0 spiro atoms. The zero-order valence-electron chi connectivity index (χ0n) is 13.6. The van der Waals surface area contributed by atoms with Crippen molar-refractivity contribution in [2.24, 2.45) is 0 Å². The fourth-order valence-corrected chi connectivity index (χ4v) is 2.99. The monoisotopic (exact) mass is 421 g/mol. The number of ether oxygens (including phenoxy) is 2. The van der Waals surface area contributed by atoms with Crippen LogP contribution in [-0.2, 0) is 6.54 Å². The van der Waals surface area contributed by atoms with Gasteiger partial charge in [-0.25, -0.2) is 9.77 Å². The van der Waals surface area contributed by atoms with Gasteiger partial charge in [0.25, 0.3) is 0 Å². The van der Waals surface area contributed by atoms with E-state index in [0.29, 0.717) is 28.6 Å². The molecule has 0 fully saturated rings. The number of nitrogens with zero attached hydrogens (tertiary/aromatic N) is 3. The van der Waals surface area contributed by atoms with Crippen LogP contribution in [-0.4, -0.2) is 34.1 Å². The number of hydrogen-bond donors (Lipinski definition) is 2. The molecule has 25 heavy (non-hydrogen) atoms. The van der Waals surface area contributed by atoms with Crippen LogP contribution in [0.2, 0.25) is 0 Å². The van der Waals surface area contributed by atoms with Gasteiger partial charge in [0.2, 0.25) is 4.77 Å². The minimum absolute atomic E-state index is 0.475. The fourth-order valence-electron chi connectivity index (χ4n) is 2.33. The van der Waals surface area contributed by atoms with E-state index < -0.39 is 0 Å². The van der Waals surface area contributed by atoms with E-state index in [1.54, 1.807) is 31.3 Å². The molecule has 0 aliphatic carbocycles. The Morgan fingerprint density at radius 3 is 2.56 bits per heavy atom. The Bertz CT molecular complexity index is 926. The Labute approximate surface area is 158 Å². The molecule has 0 radical (unpaired) electrons. The molecule has 3 rings (SSSR count). The summed E-state index contributed by atoms with van der Waals surface area (Å²) in [5.74, 6) is 2.01. The molecule has 9 heteroatoms. The minimum atomic E-state index is 0.475. The highest BCUT2D eigenvalue weighted by molar-refractivity contribution is 9.10. The van der Waals surface area contributed by atoms with Crippen molar-refractivity contribution in [2.75, 3.05) is 19.6 Å². The lowest BCUT2D eigenvalue weighted by Crippen LogP contribution is -2.16. The molecule has 0 atom stereocenters. The second-order valence-electron chi connectivity index (χ2n) is 5.06. The molecule has 0 aliphatic rings. The highest BCUT2D eigenvalue weighted by atomic mass is 79.9. The average molecular weight is 422 g/mol. The molecule has 0 bridgehead atoms. The molecular formula is C16H16BrN5O2S. The van der Waals surface area contributed by atoms with Crippen molar-refractivity contribution in [3.8, 4) is 22.9 Å². The second kappa shape index (κ2) is 7.66. The van der Waals surface area contributed by atoms with E-state index >= 15 is 0 Å².